The summed E-state index contributed by atoms with van der Waals surface area (Å²) in [6.45, 7) is 5.31. The second-order valence-corrected chi connectivity index (χ2v) is 7.21. The van der Waals surface area contributed by atoms with Crippen LogP contribution in [0.1, 0.15) is 43.5 Å². The van der Waals surface area contributed by atoms with E-state index < -0.39 is 0 Å². The Balaban J connectivity index is 1.68. The van der Waals surface area contributed by atoms with Crippen molar-refractivity contribution in [2.24, 2.45) is 11.8 Å². The average Bonchev–Trinajstić information content (AvgIpc) is 2.68. The third-order valence-electron chi connectivity index (χ3n) is 4.64. The van der Waals surface area contributed by atoms with E-state index >= 15 is 0 Å². The number of carbonyl (C=O) groups is 2. The van der Waals surface area contributed by atoms with Gasteiger partial charge in [0.25, 0.3) is 5.91 Å². The minimum absolute atomic E-state index is 0.0381. The van der Waals surface area contributed by atoms with Crippen molar-refractivity contribution in [1.82, 2.24) is 19.9 Å². The second kappa shape index (κ2) is 8.17. The molecule has 0 radical (unpaired) electrons. The number of Topliss-reactive ketones (excluding diaryl/α,β-unsaturated/α-hetero) is 1. The smallest absolute Gasteiger partial charge is 0.255 e. The standard InChI is InChI=1S/C20H24N4O2/c1-14(2)8-19(25)16-4-3-7-24(12-16)20(26)15-5-6-18(23-11-15)17-9-21-13-22-10-17/h5-6,9-11,13-14,16H,3-4,7-8,12H2,1-2H3/t16-/m1/s1. The molecule has 0 aromatic carbocycles. The van der Waals surface area contributed by atoms with Crippen LogP contribution < -0.4 is 0 Å². The van der Waals surface area contributed by atoms with E-state index in [4.69, 9.17) is 0 Å². The van der Waals surface area contributed by atoms with Crippen molar-refractivity contribution in [3.8, 4) is 11.3 Å². The molecule has 0 unspecified atom stereocenters. The molecule has 1 atom stereocenters. The largest absolute Gasteiger partial charge is 0.338 e. The minimum atomic E-state index is -0.0598. The van der Waals surface area contributed by atoms with Crippen LogP contribution in [0.4, 0.5) is 0 Å². The van der Waals surface area contributed by atoms with Crippen LogP contribution in [0.5, 0.6) is 0 Å². The van der Waals surface area contributed by atoms with Gasteiger partial charge in [0.1, 0.15) is 12.1 Å². The van der Waals surface area contributed by atoms with Crippen LogP contribution in [-0.4, -0.2) is 44.6 Å². The van der Waals surface area contributed by atoms with E-state index in [1.165, 1.54) is 6.33 Å². The summed E-state index contributed by atoms with van der Waals surface area (Å²) in [5.74, 6) is 0.529. The predicted octanol–water partition coefficient (Wildman–Crippen LogP) is 3.01. The van der Waals surface area contributed by atoms with Crippen molar-refractivity contribution in [2.75, 3.05) is 13.1 Å². The molecule has 1 fully saturated rings. The zero-order valence-electron chi connectivity index (χ0n) is 15.3. The Morgan fingerprint density at radius 1 is 1.19 bits per heavy atom. The summed E-state index contributed by atoms with van der Waals surface area (Å²) in [5, 5.41) is 0. The van der Waals surface area contributed by atoms with Crippen LogP contribution in [0.2, 0.25) is 0 Å². The number of pyridine rings is 1. The fourth-order valence-corrected chi connectivity index (χ4v) is 3.30. The van der Waals surface area contributed by atoms with Gasteiger partial charge in [-0.3, -0.25) is 14.6 Å². The molecule has 26 heavy (non-hydrogen) atoms. The van der Waals surface area contributed by atoms with Crippen LogP contribution in [0.15, 0.2) is 37.1 Å². The van der Waals surface area contributed by atoms with E-state index in [2.05, 4.69) is 28.8 Å². The summed E-state index contributed by atoms with van der Waals surface area (Å²) in [6, 6.07) is 3.58. The van der Waals surface area contributed by atoms with Crippen molar-refractivity contribution in [1.29, 1.82) is 0 Å². The summed E-state index contributed by atoms with van der Waals surface area (Å²) in [7, 11) is 0. The topological polar surface area (TPSA) is 76.1 Å². The fourth-order valence-electron chi connectivity index (χ4n) is 3.30. The SMILES string of the molecule is CC(C)CC(=O)[C@@H]1CCCN(C(=O)c2ccc(-c3cncnc3)nc2)C1. The van der Waals surface area contributed by atoms with Gasteiger partial charge in [-0.15, -0.1) is 0 Å². The highest BCUT2D eigenvalue weighted by atomic mass is 16.2. The maximum absolute atomic E-state index is 12.8. The number of ketones is 1. The van der Waals surface area contributed by atoms with Gasteiger partial charge in [0.15, 0.2) is 0 Å². The summed E-state index contributed by atoms with van der Waals surface area (Å²) in [4.78, 5) is 39.2. The van der Waals surface area contributed by atoms with Gasteiger partial charge in [0, 0.05) is 49.6 Å². The molecule has 0 spiro atoms. The van der Waals surface area contributed by atoms with E-state index in [1.807, 2.05) is 0 Å². The zero-order chi connectivity index (χ0) is 18.5. The Bertz CT molecular complexity index is 759. The van der Waals surface area contributed by atoms with Crippen LogP contribution in [0.25, 0.3) is 11.3 Å². The highest BCUT2D eigenvalue weighted by Crippen LogP contribution is 2.22. The number of carbonyl (C=O) groups excluding carboxylic acids is 2. The van der Waals surface area contributed by atoms with Crippen LogP contribution in [0, 0.1) is 11.8 Å². The molecule has 0 saturated carbocycles. The van der Waals surface area contributed by atoms with Gasteiger partial charge in [-0.2, -0.15) is 0 Å². The zero-order valence-corrected chi connectivity index (χ0v) is 15.3. The molecule has 1 saturated heterocycles. The van der Waals surface area contributed by atoms with E-state index in [1.54, 1.807) is 35.6 Å². The lowest BCUT2D eigenvalue weighted by molar-refractivity contribution is -0.124. The summed E-state index contributed by atoms with van der Waals surface area (Å²) >= 11 is 0. The first-order chi connectivity index (χ1) is 12.5. The van der Waals surface area contributed by atoms with Crippen molar-refractivity contribution in [2.45, 2.75) is 33.1 Å². The van der Waals surface area contributed by atoms with E-state index in [-0.39, 0.29) is 17.6 Å². The number of piperidine rings is 1. The van der Waals surface area contributed by atoms with E-state index in [9.17, 15) is 9.59 Å². The number of aromatic nitrogens is 3. The van der Waals surface area contributed by atoms with Gasteiger partial charge in [-0.05, 0) is 30.9 Å². The number of nitrogens with zero attached hydrogens (tertiary/aromatic N) is 4. The molecule has 3 heterocycles. The lowest BCUT2D eigenvalue weighted by Crippen LogP contribution is -2.42. The monoisotopic (exact) mass is 352 g/mol. The number of amides is 1. The van der Waals surface area contributed by atoms with Gasteiger partial charge in [-0.25, -0.2) is 9.97 Å². The number of rotatable bonds is 5. The summed E-state index contributed by atoms with van der Waals surface area (Å²) in [6.07, 6.45) is 8.76. The molecule has 1 amide bonds. The summed E-state index contributed by atoms with van der Waals surface area (Å²) in [5.41, 5.74) is 2.08. The molecule has 0 N–H and O–H groups in total. The number of likely N-dealkylation sites (tertiary alicyclic amines) is 1. The van der Waals surface area contributed by atoms with E-state index in [0.29, 0.717) is 31.0 Å². The highest BCUT2D eigenvalue weighted by molar-refractivity contribution is 5.94. The lowest BCUT2D eigenvalue weighted by atomic mass is 9.89. The van der Waals surface area contributed by atoms with Crippen molar-refractivity contribution in [3.63, 3.8) is 0 Å². The molecule has 0 bridgehead atoms. The highest BCUT2D eigenvalue weighted by Gasteiger charge is 2.29. The molecule has 1 aliphatic rings. The molecule has 6 nitrogen and oxygen atoms in total. The summed E-state index contributed by atoms with van der Waals surface area (Å²) < 4.78 is 0. The molecule has 0 aliphatic carbocycles. The Labute approximate surface area is 153 Å². The lowest BCUT2D eigenvalue weighted by Gasteiger charge is -2.32. The molecule has 6 heteroatoms. The number of hydrogen-bond acceptors (Lipinski definition) is 5. The minimum Gasteiger partial charge on any atom is -0.338 e. The Hall–Kier alpha value is -2.63. The quantitative estimate of drug-likeness (QED) is 0.827. The van der Waals surface area contributed by atoms with Crippen molar-refractivity contribution in [3.05, 3.63) is 42.6 Å². The number of hydrogen-bond donors (Lipinski definition) is 0. The molecule has 2 aromatic rings. The normalized spacial score (nSPS) is 17.3. The van der Waals surface area contributed by atoms with Crippen molar-refractivity contribution >= 4 is 11.7 Å². The van der Waals surface area contributed by atoms with Crippen LogP contribution in [0.3, 0.4) is 0 Å². The Morgan fingerprint density at radius 2 is 1.96 bits per heavy atom. The molecule has 1 aliphatic heterocycles. The fraction of sp³-hybridized carbons (Fsp3) is 0.450. The maximum atomic E-state index is 12.8. The predicted molar refractivity (Wildman–Crippen MR) is 98.4 cm³/mol. The molecular formula is C20H24N4O2. The second-order valence-electron chi connectivity index (χ2n) is 7.21. The van der Waals surface area contributed by atoms with Gasteiger partial charge >= 0.3 is 0 Å². The first kappa shape index (κ1) is 18.2. The average molecular weight is 352 g/mol. The molecule has 3 rings (SSSR count). The van der Waals surface area contributed by atoms with Crippen LogP contribution in [-0.2, 0) is 4.79 Å². The van der Waals surface area contributed by atoms with Gasteiger partial charge < -0.3 is 4.90 Å². The molecule has 2 aromatic heterocycles. The first-order valence-corrected chi connectivity index (χ1v) is 9.08. The van der Waals surface area contributed by atoms with Crippen molar-refractivity contribution < 1.29 is 9.59 Å². The van der Waals surface area contributed by atoms with E-state index in [0.717, 1.165) is 24.1 Å². The Morgan fingerprint density at radius 3 is 2.62 bits per heavy atom. The third kappa shape index (κ3) is 4.31. The van der Waals surface area contributed by atoms with Gasteiger partial charge in [0.05, 0.1) is 11.3 Å². The first-order valence-electron chi connectivity index (χ1n) is 9.08. The van der Waals surface area contributed by atoms with Gasteiger partial charge in [0.2, 0.25) is 0 Å². The van der Waals surface area contributed by atoms with Gasteiger partial charge in [-0.1, -0.05) is 13.8 Å². The molecular weight excluding hydrogens is 328 g/mol. The Kier molecular flexibility index (Phi) is 5.71. The molecule has 136 valence electrons. The third-order valence-corrected chi connectivity index (χ3v) is 4.64. The van der Waals surface area contributed by atoms with Crippen LogP contribution >= 0.6 is 0 Å². The maximum Gasteiger partial charge on any atom is 0.255 e.